The monoisotopic (exact) mass is 1130 g/mol. The van der Waals surface area contributed by atoms with Crippen molar-refractivity contribution >= 4 is 119 Å². The number of phenolic OH excluding ortho intramolecular Hbond substituents is 1. The number of anilines is 2. The number of nitrogens with one attached hydrogen (secondary N) is 2. The fourth-order valence-corrected chi connectivity index (χ4v) is 7.40. The van der Waals surface area contributed by atoms with E-state index in [9.17, 15) is 14.7 Å². The predicted molar refractivity (Wildman–Crippen MR) is 288 cm³/mol. The van der Waals surface area contributed by atoms with Crippen LogP contribution in [0, 0.1) is 10.8 Å². The number of rotatable bonds is 9. The summed E-state index contributed by atoms with van der Waals surface area (Å²) in [5, 5.41) is 19.3. The van der Waals surface area contributed by atoms with Gasteiger partial charge in [-0.25, -0.2) is 9.97 Å². The Hall–Kier alpha value is -5.12. The van der Waals surface area contributed by atoms with E-state index in [1.165, 1.54) is 0 Å². The predicted octanol–water partition coefficient (Wildman–Crippen LogP) is 14.6. The molecule has 3 N–H and O–H groups in total. The zero-order valence-corrected chi connectivity index (χ0v) is 44.3. The van der Waals surface area contributed by atoms with E-state index in [4.69, 9.17) is 32.9 Å². The number of hydrogen-bond acceptors (Lipinski definition) is 6. The number of benzene rings is 4. The molecule has 0 bridgehead atoms. The Balaban J connectivity index is 0.000000205. The number of nitrogens with zero attached hydrogens (tertiary/aromatic N) is 4. The van der Waals surface area contributed by atoms with Gasteiger partial charge in [-0.2, -0.15) is 0 Å². The highest BCUT2D eigenvalue weighted by Gasteiger charge is 2.23. The van der Waals surface area contributed by atoms with Crippen LogP contribution < -0.4 is 15.4 Å². The maximum Gasteiger partial charge on any atom is 0.369 e. The van der Waals surface area contributed by atoms with E-state index in [-0.39, 0.29) is 20.7 Å². The van der Waals surface area contributed by atoms with Crippen LogP contribution in [0.1, 0.15) is 52.9 Å². The Morgan fingerprint density at radius 1 is 0.612 bits per heavy atom. The van der Waals surface area contributed by atoms with E-state index in [0.29, 0.717) is 34.8 Å². The minimum Gasteiger partial charge on any atom is -0.508 e. The molecule has 8 aromatic rings. The fourth-order valence-electron chi connectivity index (χ4n) is 6.94. The second-order valence-electron chi connectivity index (χ2n) is 17.5. The molecule has 0 aliphatic heterocycles. The van der Waals surface area contributed by atoms with Gasteiger partial charge in [-0.1, -0.05) is 113 Å². The molecule has 0 aliphatic carbocycles. The first kappa shape index (κ1) is 51.3. The number of aromatic hydroxyl groups is 1. The van der Waals surface area contributed by atoms with Crippen LogP contribution in [0.5, 0.6) is 11.5 Å². The van der Waals surface area contributed by atoms with Crippen molar-refractivity contribution in [2.24, 2.45) is 10.8 Å². The fraction of sp³-hybridized carbons (Fsp3) is 0.216. The molecule has 2 amide bonds. The summed E-state index contributed by atoms with van der Waals surface area (Å²) in [6.45, 7) is 12.2. The number of aromatic nitrogens is 4. The van der Waals surface area contributed by atoms with Gasteiger partial charge in [0.15, 0.2) is 0 Å². The summed E-state index contributed by atoms with van der Waals surface area (Å²) in [6.07, 6.45) is 0. The van der Waals surface area contributed by atoms with Crippen molar-refractivity contribution in [1.82, 2.24) is 19.1 Å². The molecule has 0 radical (unpaired) electrons. The van der Waals surface area contributed by atoms with Gasteiger partial charge >= 0.3 is 3.18 Å². The molecule has 4 aromatic heterocycles. The standard InChI is InChI=1S/C26H26ClN3O2.C25H24ClN3O2.BBr3/c1-26(2,3)25(31)29-24-11-7-8-18(28-24)16-30-22-15-19(32-4)13-12-17(22)14-23(30)20-9-5-6-10-21(20)27;1-25(2,3)24(31)28-23-10-6-7-17(27-23)15-29-21-14-18(30)12-11-16(21)13-22(29)19-8-4-5-9-20(19)26;2-1(3)4/h5-15H,16H2,1-4H3,(H,28,29,31);4-14,30H,15H2,1-3H3,(H,27,28,31);. The zero-order valence-electron chi connectivity index (χ0n) is 38.0. The van der Waals surface area contributed by atoms with Crippen molar-refractivity contribution in [2.75, 3.05) is 17.7 Å². The quantitative estimate of drug-likeness (QED) is 0.124. The second kappa shape index (κ2) is 22.3. The third-order valence-electron chi connectivity index (χ3n) is 10.4. The van der Waals surface area contributed by atoms with E-state index in [0.717, 1.165) is 61.5 Å². The van der Waals surface area contributed by atoms with Crippen LogP contribution in [-0.2, 0) is 22.7 Å². The van der Waals surface area contributed by atoms with Crippen molar-refractivity contribution in [1.29, 1.82) is 0 Å². The molecule has 4 heterocycles. The lowest BCUT2D eigenvalue weighted by atomic mass is 9.96. The summed E-state index contributed by atoms with van der Waals surface area (Å²) >= 11 is 22.3. The Labute approximate surface area is 426 Å². The molecule has 0 spiro atoms. The van der Waals surface area contributed by atoms with Crippen molar-refractivity contribution in [2.45, 2.75) is 54.6 Å². The number of fused-ring (bicyclic) bond motifs is 2. The maximum absolute atomic E-state index is 12.4. The normalized spacial score (nSPS) is 11.3. The van der Waals surface area contributed by atoms with Crippen molar-refractivity contribution in [3.05, 3.63) is 155 Å². The van der Waals surface area contributed by atoms with E-state index in [2.05, 4.69) is 84.2 Å². The maximum atomic E-state index is 12.4. The van der Waals surface area contributed by atoms with E-state index in [1.807, 2.05) is 139 Å². The number of amides is 2. The Morgan fingerprint density at radius 2 is 1.03 bits per heavy atom. The van der Waals surface area contributed by atoms with Crippen LogP contribution in [0.2, 0.25) is 10.0 Å². The molecule has 346 valence electrons. The molecule has 0 fully saturated rings. The summed E-state index contributed by atoms with van der Waals surface area (Å²) in [6, 6.07) is 42.2. The number of hydrogen-bond donors (Lipinski definition) is 3. The van der Waals surface area contributed by atoms with Crippen molar-refractivity contribution in [3.63, 3.8) is 0 Å². The average molecular weight is 1130 g/mol. The van der Waals surface area contributed by atoms with Gasteiger partial charge in [0.1, 0.15) is 23.1 Å². The number of carbonyl (C=O) groups excluding carboxylic acids is 2. The van der Waals surface area contributed by atoms with Crippen LogP contribution in [0.3, 0.4) is 0 Å². The van der Waals surface area contributed by atoms with Gasteiger partial charge in [-0.15, -0.1) is 47.3 Å². The number of methoxy groups -OCH3 is 1. The lowest BCUT2D eigenvalue weighted by Gasteiger charge is -2.18. The molecule has 16 heteroatoms. The van der Waals surface area contributed by atoms with Gasteiger partial charge < -0.3 is 29.6 Å². The Kier molecular flexibility index (Phi) is 17.1. The summed E-state index contributed by atoms with van der Waals surface area (Å²) in [7, 11) is 1.66. The molecule has 8 rings (SSSR count). The molecule has 10 nitrogen and oxygen atoms in total. The van der Waals surface area contributed by atoms with Gasteiger partial charge in [0.25, 0.3) is 0 Å². The van der Waals surface area contributed by atoms with Gasteiger partial charge in [-0.05, 0) is 72.8 Å². The van der Waals surface area contributed by atoms with Crippen LogP contribution in [0.25, 0.3) is 44.3 Å². The molecule has 0 saturated carbocycles. The lowest BCUT2D eigenvalue weighted by Crippen LogP contribution is -2.28. The molecule has 0 unspecified atom stereocenters. The smallest absolute Gasteiger partial charge is 0.369 e. The van der Waals surface area contributed by atoms with Crippen molar-refractivity contribution in [3.8, 4) is 34.0 Å². The highest BCUT2D eigenvalue weighted by Crippen LogP contribution is 2.36. The molecular weight excluding hydrogens is 1080 g/mol. The SMILES string of the molecule is BrB(Br)Br.CC(C)(C)C(=O)Nc1cccc(Cn2c(-c3ccccc3Cl)cc3ccc(O)cc32)n1.COc1ccc2cc(-c3ccccc3Cl)n(Cc3cccc(NC(=O)C(C)(C)C)n3)c2c1. The van der Waals surface area contributed by atoms with Crippen LogP contribution in [-0.4, -0.2) is 46.3 Å². The van der Waals surface area contributed by atoms with E-state index >= 15 is 0 Å². The first-order valence-corrected chi connectivity index (χ1v) is 24.7. The zero-order chi connectivity index (χ0) is 48.6. The summed E-state index contributed by atoms with van der Waals surface area (Å²) < 4.78 is 9.98. The van der Waals surface area contributed by atoms with Gasteiger partial charge in [0.2, 0.25) is 11.8 Å². The number of phenols is 1. The number of pyridine rings is 2. The first-order chi connectivity index (χ1) is 31.7. The third kappa shape index (κ3) is 13.5. The second-order valence-corrected chi connectivity index (χ2v) is 24.8. The van der Waals surface area contributed by atoms with Crippen LogP contribution in [0.15, 0.2) is 133 Å². The largest absolute Gasteiger partial charge is 0.508 e. The number of ether oxygens (including phenoxy) is 1. The van der Waals surface area contributed by atoms with Gasteiger partial charge in [-0.3, -0.25) is 9.59 Å². The Morgan fingerprint density at radius 3 is 1.45 bits per heavy atom. The van der Waals surface area contributed by atoms with Crippen LogP contribution >= 0.6 is 70.5 Å². The van der Waals surface area contributed by atoms with E-state index in [1.54, 1.807) is 31.4 Å². The molecular formula is C51H50BBr3Cl2N6O4. The molecule has 0 atom stereocenters. The topological polar surface area (TPSA) is 123 Å². The third-order valence-corrected chi connectivity index (χ3v) is 11.1. The minimum atomic E-state index is -0.511. The highest BCUT2D eigenvalue weighted by atomic mass is 79.9. The Bertz CT molecular complexity index is 3030. The molecule has 67 heavy (non-hydrogen) atoms. The van der Waals surface area contributed by atoms with Crippen LogP contribution in [0.4, 0.5) is 11.6 Å². The number of carbonyl (C=O) groups is 2. The lowest BCUT2D eigenvalue weighted by molar-refractivity contribution is -0.123. The van der Waals surface area contributed by atoms with Gasteiger partial charge in [0, 0.05) is 54.9 Å². The highest BCUT2D eigenvalue weighted by molar-refractivity contribution is 9.69. The van der Waals surface area contributed by atoms with Crippen molar-refractivity contribution < 1.29 is 19.4 Å². The summed E-state index contributed by atoms with van der Waals surface area (Å²) in [5.41, 5.74) is 6.25. The minimum absolute atomic E-state index is 0.0740. The van der Waals surface area contributed by atoms with E-state index < -0.39 is 10.8 Å². The molecule has 4 aromatic carbocycles. The van der Waals surface area contributed by atoms with Gasteiger partial charge in [0.05, 0.1) is 54.0 Å². The first-order valence-electron chi connectivity index (χ1n) is 21.2. The molecule has 0 saturated heterocycles. The summed E-state index contributed by atoms with van der Waals surface area (Å²) in [4.78, 5) is 34.1. The summed E-state index contributed by atoms with van der Waals surface area (Å²) in [5.74, 6) is 1.85. The number of halogens is 5. The molecule has 0 aliphatic rings. The average Bonchev–Trinajstić information content (AvgIpc) is 3.80.